The second-order valence-electron chi connectivity index (χ2n) is 5.85. The van der Waals surface area contributed by atoms with E-state index in [1.54, 1.807) is 4.90 Å². The number of benzene rings is 1. The number of carbonyl (C=O) groups is 1. The Hall–Kier alpha value is -1.48. The van der Waals surface area contributed by atoms with Crippen LogP contribution in [-0.2, 0) is 5.41 Å². The topological polar surface area (TPSA) is 32.3 Å². The van der Waals surface area contributed by atoms with E-state index < -0.39 is 0 Å². The monoisotopic (exact) mass is 278 g/mol. The molecule has 0 unspecified atom stereocenters. The van der Waals surface area contributed by atoms with Crippen molar-refractivity contribution in [3.8, 4) is 0 Å². The van der Waals surface area contributed by atoms with Crippen LogP contribution in [0.4, 0.5) is 10.5 Å². The average molecular weight is 279 g/mol. The number of amides is 2. The van der Waals surface area contributed by atoms with E-state index >= 15 is 0 Å². The lowest BCUT2D eigenvalue weighted by molar-refractivity contribution is 0.246. The van der Waals surface area contributed by atoms with Crippen molar-refractivity contribution < 1.29 is 4.79 Å². The molecule has 0 aliphatic carbocycles. The van der Waals surface area contributed by atoms with Gasteiger partial charge < -0.3 is 5.32 Å². The summed E-state index contributed by atoms with van der Waals surface area (Å²) < 4.78 is 0. The summed E-state index contributed by atoms with van der Waals surface area (Å²) in [5, 5.41) is 3.34. The first kappa shape index (κ1) is 13.9. The molecule has 0 spiro atoms. The van der Waals surface area contributed by atoms with Gasteiger partial charge in [-0.1, -0.05) is 45.0 Å². The molecule has 3 nitrogen and oxygen atoms in total. The Kier molecular flexibility index (Phi) is 3.59. The molecule has 4 heteroatoms. The lowest BCUT2D eigenvalue weighted by Crippen LogP contribution is -2.45. The van der Waals surface area contributed by atoms with Gasteiger partial charge in [0.05, 0.1) is 10.7 Å². The van der Waals surface area contributed by atoms with E-state index in [9.17, 15) is 4.79 Å². The van der Waals surface area contributed by atoms with Crippen molar-refractivity contribution >= 4 is 23.3 Å². The molecular weight excluding hydrogens is 260 g/mol. The van der Waals surface area contributed by atoms with Crippen LogP contribution in [0, 0.1) is 0 Å². The number of halogens is 1. The summed E-state index contributed by atoms with van der Waals surface area (Å²) >= 11 is 6.33. The van der Waals surface area contributed by atoms with E-state index in [-0.39, 0.29) is 11.4 Å². The normalized spacial score (nSPS) is 16.5. The standard InChI is InChI=1S/C15H19ClN2O/c1-10-7-8-18(14(19)17-10)13-6-5-11(9-12(13)16)15(2,3)4/h5-6,9H,1,7-8H2,2-4H3,(H,17,19). The summed E-state index contributed by atoms with van der Waals surface area (Å²) in [5.74, 6) is 0. The Morgan fingerprint density at radius 3 is 2.58 bits per heavy atom. The van der Waals surface area contributed by atoms with Gasteiger partial charge in [0.15, 0.2) is 0 Å². The molecular formula is C15H19ClN2O. The van der Waals surface area contributed by atoms with E-state index in [1.165, 1.54) is 0 Å². The van der Waals surface area contributed by atoms with E-state index in [4.69, 9.17) is 11.6 Å². The highest BCUT2D eigenvalue weighted by Gasteiger charge is 2.24. The third-order valence-electron chi connectivity index (χ3n) is 3.27. The molecule has 0 saturated carbocycles. The number of rotatable bonds is 1. The molecule has 0 atom stereocenters. The number of nitrogens with zero attached hydrogens (tertiary/aromatic N) is 1. The van der Waals surface area contributed by atoms with Crippen LogP contribution in [0.3, 0.4) is 0 Å². The van der Waals surface area contributed by atoms with Crippen molar-refractivity contribution in [1.82, 2.24) is 5.32 Å². The minimum Gasteiger partial charge on any atom is -0.312 e. The largest absolute Gasteiger partial charge is 0.326 e. The Bertz CT molecular complexity index is 531. The smallest absolute Gasteiger partial charge is 0.312 e. The highest BCUT2D eigenvalue weighted by molar-refractivity contribution is 6.33. The van der Waals surface area contributed by atoms with E-state index in [2.05, 4.69) is 32.7 Å². The second-order valence-corrected chi connectivity index (χ2v) is 6.26. The van der Waals surface area contributed by atoms with Gasteiger partial charge in [-0.15, -0.1) is 0 Å². The first-order chi connectivity index (χ1) is 8.79. The first-order valence-corrected chi connectivity index (χ1v) is 6.73. The van der Waals surface area contributed by atoms with Crippen molar-refractivity contribution in [1.29, 1.82) is 0 Å². The van der Waals surface area contributed by atoms with Crippen LogP contribution >= 0.6 is 11.6 Å². The summed E-state index contributed by atoms with van der Waals surface area (Å²) in [4.78, 5) is 13.6. The Balaban J connectivity index is 2.31. The molecule has 1 saturated heterocycles. The molecule has 1 aliphatic rings. The molecule has 1 aromatic rings. The lowest BCUT2D eigenvalue weighted by atomic mass is 9.87. The minimum atomic E-state index is -0.165. The van der Waals surface area contributed by atoms with Gasteiger partial charge in [0.2, 0.25) is 0 Å². The molecule has 102 valence electrons. The molecule has 1 aliphatic heterocycles. The van der Waals surface area contributed by atoms with Crippen LogP contribution in [0.2, 0.25) is 5.02 Å². The fourth-order valence-corrected chi connectivity index (χ4v) is 2.33. The van der Waals surface area contributed by atoms with Crippen molar-refractivity contribution in [3.05, 3.63) is 41.1 Å². The van der Waals surface area contributed by atoms with Crippen molar-refractivity contribution in [2.45, 2.75) is 32.6 Å². The van der Waals surface area contributed by atoms with Gasteiger partial charge in [-0.2, -0.15) is 0 Å². The van der Waals surface area contributed by atoms with Crippen LogP contribution in [-0.4, -0.2) is 12.6 Å². The zero-order valence-corrected chi connectivity index (χ0v) is 12.3. The summed E-state index contributed by atoms with van der Waals surface area (Å²) in [7, 11) is 0. The van der Waals surface area contributed by atoms with Crippen LogP contribution in [0.15, 0.2) is 30.5 Å². The predicted octanol–water partition coefficient (Wildman–Crippen LogP) is 4.07. The van der Waals surface area contributed by atoms with Crippen LogP contribution < -0.4 is 10.2 Å². The van der Waals surface area contributed by atoms with Gasteiger partial charge in [0.25, 0.3) is 0 Å². The average Bonchev–Trinajstić information content (AvgIpc) is 2.28. The fraction of sp³-hybridized carbons (Fsp3) is 0.400. The molecule has 19 heavy (non-hydrogen) atoms. The Morgan fingerprint density at radius 1 is 1.37 bits per heavy atom. The van der Waals surface area contributed by atoms with E-state index in [0.717, 1.165) is 23.4 Å². The van der Waals surface area contributed by atoms with Crippen molar-refractivity contribution in [3.63, 3.8) is 0 Å². The van der Waals surface area contributed by atoms with Crippen molar-refractivity contribution in [2.75, 3.05) is 11.4 Å². The molecule has 1 aromatic carbocycles. The zero-order valence-electron chi connectivity index (χ0n) is 11.6. The second kappa shape index (κ2) is 4.89. The Morgan fingerprint density at radius 2 is 2.05 bits per heavy atom. The van der Waals surface area contributed by atoms with Gasteiger partial charge in [-0.25, -0.2) is 4.79 Å². The quantitative estimate of drug-likeness (QED) is 0.825. The Labute approximate surface area is 119 Å². The summed E-state index contributed by atoms with van der Waals surface area (Å²) in [5.41, 5.74) is 2.70. The maximum Gasteiger partial charge on any atom is 0.326 e. The predicted molar refractivity (Wildman–Crippen MR) is 79.8 cm³/mol. The molecule has 0 radical (unpaired) electrons. The van der Waals surface area contributed by atoms with Crippen LogP contribution in [0.25, 0.3) is 0 Å². The molecule has 1 N–H and O–H groups in total. The molecule has 2 rings (SSSR count). The van der Waals surface area contributed by atoms with Gasteiger partial charge in [-0.05, 0) is 23.1 Å². The van der Waals surface area contributed by atoms with Gasteiger partial charge >= 0.3 is 6.03 Å². The summed E-state index contributed by atoms with van der Waals surface area (Å²) in [6.45, 7) is 10.8. The fourth-order valence-electron chi connectivity index (χ4n) is 2.05. The third-order valence-corrected chi connectivity index (χ3v) is 3.57. The van der Waals surface area contributed by atoms with Gasteiger partial charge in [-0.3, -0.25) is 4.90 Å². The number of hydrogen-bond donors (Lipinski definition) is 1. The van der Waals surface area contributed by atoms with Gasteiger partial charge in [0, 0.05) is 18.7 Å². The summed E-state index contributed by atoms with van der Waals surface area (Å²) in [6.07, 6.45) is 0.739. The highest BCUT2D eigenvalue weighted by atomic mass is 35.5. The third kappa shape index (κ3) is 2.92. The number of hydrogen-bond acceptors (Lipinski definition) is 1. The molecule has 2 amide bonds. The van der Waals surface area contributed by atoms with Crippen LogP contribution in [0.5, 0.6) is 0 Å². The van der Waals surface area contributed by atoms with E-state index in [1.807, 2.05) is 18.2 Å². The SMILES string of the molecule is C=C1CCN(c2ccc(C(C)(C)C)cc2Cl)C(=O)N1. The summed E-state index contributed by atoms with van der Waals surface area (Å²) in [6, 6.07) is 5.71. The zero-order chi connectivity index (χ0) is 14.2. The number of anilines is 1. The minimum absolute atomic E-state index is 0.0423. The highest BCUT2D eigenvalue weighted by Crippen LogP contribution is 2.32. The maximum atomic E-state index is 11.9. The lowest BCUT2D eigenvalue weighted by Gasteiger charge is -2.30. The first-order valence-electron chi connectivity index (χ1n) is 6.35. The van der Waals surface area contributed by atoms with Crippen LogP contribution in [0.1, 0.15) is 32.8 Å². The molecule has 0 bridgehead atoms. The number of urea groups is 1. The van der Waals surface area contributed by atoms with E-state index in [0.29, 0.717) is 11.6 Å². The molecule has 1 fully saturated rings. The number of carbonyl (C=O) groups excluding carboxylic acids is 1. The number of nitrogens with one attached hydrogen (secondary N) is 1. The van der Waals surface area contributed by atoms with Crippen molar-refractivity contribution in [2.24, 2.45) is 0 Å². The maximum absolute atomic E-state index is 11.9. The molecule has 1 heterocycles. The van der Waals surface area contributed by atoms with Gasteiger partial charge in [0.1, 0.15) is 0 Å². The molecule has 0 aromatic heterocycles.